The molecule has 0 bridgehead atoms. The van der Waals surface area contributed by atoms with Crippen LogP contribution in [0.1, 0.15) is 30.6 Å². The number of nitrogens with one attached hydrogen (secondary N) is 1. The van der Waals surface area contributed by atoms with Crippen molar-refractivity contribution in [2.45, 2.75) is 32.4 Å². The Bertz CT molecular complexity index is 501. The Labute approximate surface area is 126 Å². The van der Waals surface area contributed by atoms with Crippen molar-refractivity contribution < 1.29 is 14.6 Å². The molecule has 1 aromatic rings. The molecule has 0 spiro atoms. The van der Waals surface area contributed by atoms with Gasteiger partial charge in [0, 0.05) is 22.1 Å². The van der Waals surface area contributed by atoms with Gasteiger partial charge in [-0.05, 0) is 47.2 Å². The Morgan fingerprint density at radius 1 is 1.53 bits per heavy atom. The molecule has 1 aliphatic rings. The predicted octanol–water partition coefficient (Wildman–Crippen LogP) is 2.54. The van der Waals surface area contributed by atoms with Crippen LogP contribution in [0.2, 0.25) is 0 Å². The van der Waals surface area contributed by atoms with Crippen LogP contribution in [0.15, 0.2) is 18.2 Å². The summed E-state index contributed by atoms with van der Waals surface area (Å²) in [6, 6.07) is 5.06. The molecule has 2 N–H and O–H groups in total. The minimum absolute atomic E-state index is 0.0123. The minimum Gasteiger partial charge on any atom is -0.507 e. The molecule has 4 nitrogen and oxygen atoms in total. The lowest BCUT2D eigenvalue weighted by atomic mass is 9.64. The normalized spacial score (nSPS) is 24.6. The standard InChI is InChI=1S/C14H18INO3/c1-14(2)11(7-12(14)19-3)16-13(18)9-6-8(15)4-5-10(9)17/h4-6,11-12,17H,7H2,1-3H3,(H,16,18). The molecule has 104 valence electrons. The van der Waals surface area contributed by atoms with E-state index >= 15 is 0 Å². The summed E-state index contributed by atoms with van der Waals surface area (Å²) in [5, 5.41) is 12.7. The zero-order valence-corrected chi connectivity index (χ0v) is 13.4. The van der Waals surface area contributed by atoms with Gasteiger partial charge in [-0.1, -0.05) is 13.8 Å². The van der Waals surface area contributed by atoms with E-state index in [-0.39, 0.29) is 29.2 Å². The van der Waals surface area contributed by atoms with Crippen molar-refractivity contribution in [2.75, 3.05) is 7.11 Å². The zero-order valence-electron chi connectivity index (χ0n) is 11.2. The average Bonchev–Trinajstić information content (AvgIpc) is 2.36. The van der Waals surface area contributed by atoms with E-state index in [0.717, 1.165) is 9.99 Å². The van der Waals surface area contributed by atoms with Crippen LogP contribution in [-0.4, -0.2) is 30.3 Å². The molecule has 1 saturated carbocycles. The second kappa shape index (κ2) is 5.28. The first-order chi connectivity index (χ1) is 8.86. The number of phenolic OH excluding ortho intramolecular Hbond substituents is 1. The number of rotatable bonds is 3. The van der Waals surface area contributed by atoms with Gasteiger partial charge in [-0.25, -0.2) is 0 Å². The summed E-state index contributed by atoms with van der Waals surface area (Å²) >= 11 is 2.12. The number of aromatic hydroxyl groups is 1. The van der Waals surface area contributed by atoms with Gasteiger partial charge in [0.1, 0.15) is 5.75 Å². The van der Waals surface area contributed by atoms with Gasteiger partial charge < -0.3 is 15.2 Å². The number of ether oxygens (including phenoxy) is 1. The summed E-state index contributed by atoms with van der Waals surface area (Å²) in [4.78, 5) is 12.2. The molecule has 1 aromatic carbocycles. The van der Waals surface area contributed by atoms with E-state index in [1.165, 1.54) is 0 Å². The third kappa shape index (κ3) is 2.72. The Balaban J connectivity index is 2.09. The second-order valence-electron chi connectivity index (χ2n) is 5.47. The molecular formula is C14H18INO3. The lowest BCUT2D eigenvalue weighted by Crippen LogP contribution is -2.61. The molecule has 0 saturated heterocycles. The SMILES string of the molecule is COC1CC(NC(=O)c2cc(I)ccc2O)C1(C)C. The number of carbonyl (C=O) groups excluding carboxylic acids is 1. The molecule has 1 amide bonds. The van der Waals surface area contributed by atoms with E-state index in [1.54, 1.807) is 25.3 Å². The van der Waals surface area contributed by atoms with Gasteiger partial charge in [0.05, 0.1) is 11.7 Å². The highest BCUT2D eigenvalue weighted by atomic mass is 127. The molecule has 1 aliphatic carbocycles. The number of benzene rings is 1. The van der Waals surface area contributed by atoms with E-state index in [9.17, 15) is 9.90 Å². The lowest BCUT2D eigenvalue weighted by Gasteiger charge is -2.51. The van der Waals surface area contributed by atoms with Gasteiger partial charge in [-0.2, -0.15) is 0 Å². The predicted molar refractivity (Wildman–Crippen MR) is 81.3 cm³/mol. The Hall–Kier alpha value is -0.820. The Kier molecular flexibility index (Phi) is 4.06. The van der Waals surface area contributed by atoms with Crippen LogP contribution < -0.4 is 5.32 Å². The van der Waals surface area contributed by atoms with Crippen LogP contribution in [0.5, 0.6) is 5.75 Å². The van der Waals surface area contributed by atoms with E-state index in [4.69, 9.17) is 4.74 Å². The van der Waals surface area contributed by atoms with Crippen LogP contribution in [0, 0.1) is 8.99 Å². The molecule has 0 radical (unpaired) electrons. The van der Waals surface area contributed by atoms with Crippen molar-refractivity contribution in [3.05, 3.63) is 27.3 Å². The van der Waals surface area contributed by atoms with Gasteiger partial charge in [0.15, 0.2) is 0 Å². The molecule has 2 unspecified atom stereocenters. The van der Waals surface area contributed by atoms with Crippen LogP contribution in [-0.2, 0) is 4.74 Å². The molecule has 5 heteroatoms. The topological polar surface area (TPSA) is 58.6 Å². The fourth-order valence-electron chi connectivity index (χ4n) is 2.46. The molecule has 1 fully saturated rings. The largest absolute Gasteiger partial charge is 0.507 e. The number of hydrogen-bond acceptors (Lipinski definition) is 3. The molecule has 19 heavy (non-hydrogen) atoms. The number of phenols is 1. The van der Waals surface area contributed by atoms with Crippen molar-refractivity contribution in [1.29, 1.82) is 0 Å². The molecule has 2 atom stereocenters. The Morgan fingerprint density at radius 2 is 2.21 bits per heavy atom. The van der Waals surface area contributed by atoms with Crippen LogP contribution >= 0.6 is 22.6 Å². The first-order valence-electron chi connectivity index (χ1n) is 6.18. The number of methoxy groups -OCH3 is 1. The number of amides is 1. The highest BCUT2D eigenvalue weighted by Crippen LogP contribution is 2.42. The van der Waals surface area contributed by atoms with E-state index in [2.05, 4.69) is 41.8 Å². The van der Waals surface area contributed by atoms with Crippen molar-refractivity contribution in [3.8, 4) is 5.75 Å². The summed E-state index contributed by atoms with van der Waals surface area (Å²) in [6.45, 7) is 4.15. The van der Waals surface area contributed by atoms with Crippen molar-refractivity contribution >= 4 is 28.5 Å². The van der Waals surface area contributed by atoms with Crippen LogP contribution in [0.25, 0.3) is 0 Å². The smallest absolute Gasteiger partial charge is 0.255 e. The van der Waals surface area contributed by atoms with E-state index in [0.29, 0.717) is 5.56 Å². The van der Waals surface area contributed by atoms with Gasteiger partial charge in [0.25, 0.3) is 5.91 Å². The van der Waals surface area contributed by atoms with E-state index in [1.807, 2.05) is 0 Å². The van der Waals surface area contributed by atoms with E-state index < -0.39 is 0 Å². The first-order valence-corrected chi connectivity index (χ1v) is 7.26. The maximum absolute atomic E-state index is 12.2. The fourth-order valence-corrected chi connectivity index (χ4v) is 2.95. The highest BCUT2D eigenvalue weighted by Gasteiger charge is 2.49. The van der Waals surface area contributed by atoms with Crippen molar-refractivity contribution in [2.24, 2.45) is 5.41 Å². The summed E-state index contributed by atoms with van der Waals surface area (Å²) in [6.07, 6.45) is 0.974. The number of halogens is 1. The van der Waals surface area contributed by atoms with Gasteiger partial charge in [-0.3, -0.25) is 4.79 Å². The van der Waals surface area contributed by atoms with Gasteiger partial charge >= 0.3 is 0 Å². The first kappa shape index (κ1) is 14.6. The third-order valence-corrected chi connectivity index (χ3v) is 4.64. The van der Waals surface area contributed by atoms with Crippen LogP contribution in [0.4, 0.5) is 0 Å². The number of carbonyl (C=O) groups is 1. The van der Waals surface area contributed by atoms with Crippen molar-refractivity contribution in [1.82, 2.24) is 5.32 Å². The third-order valence-electron chi connectivity index (χ3n) is 3.97. The summed E-state index contributed by atoms with van der Waals surface area (Å²) in [5.74, 6) is -0.220. The summed E-state index contributed by atoms with van der Waals surface area (Å²) < 4.78 is 6.28. The maximum atomic E-state index is 12.2. The zero-order chi connectivity index (χ0) is 14.2. The highest BCUT2D eigenvalue weighted by molar-refractivity contribution is 14.1. The monoisotopic (exact) mass is 375 g/mol. The Morgan fingerprint density at radius 3 is 2.79 bits per heavy atom. The lowest BCUT2D eigenvalue weighted by molar-refractivity contribution is -0.0942. The van der Waals surface area contributed by atoms with Crippen LogP contribution in [0.3, 0.4) is 0 Å². The number of hydrogen-bond donors (Lipinski definition) is 2. The van der Waals surface area contributed by atoms with Gasteiger partial charge in [-0.15, -0.1) is 0 Å². The quantitative estimate of drug-likeness (QED) is 0.799. The average molecular weight is 375 g/mol. The molecule has 0 heterocycles. The summed E-state index contributed by atoms with van der Waals surface area (Å²) in [5.41, 5.74) is 0.241. The van der Waals surface area contributed by atoms with Crippen molar-refractivity contribution in [3.63, 3.8) is 0 Å². The molecular weight excluding hydrogens is 357 g/mol. The second-order valence-corrected chi connectivity index (χ2v) is 6.71. The minimum atomic E-state index is -0.233. The fraction of sp³-hybridized carbons (Fsp3) is 0.500. The van der Waals surface area contributed by atoms with Gasteiger partial charge in [0.2, 0.25) is 0 Å². The summed E-state index contributed by atoms with van der Waals surface area (Å²) in [7, 11) is 1.69. The molecule has 0 aliphatic heterocycles. The molecule has 0 aromatic heterocycles. The maximum Gasteiger partial charge on any atom is 0.255 e. The molecule has 2 rings (SSSR count).